The number of nitrogens with zero attached hydrogens (tertiary/aromatic N) is 3. The number of rotatable bonds is 8. The lowest BCUT2D eigenvalue weighted by Gasteiger charge is -2.38. The number of hydrogen-bond acceptors (Lipinski definition) is 4. The van der Waals surface area contributed by atoms with Crippen LogP contribution in [0.5, 0.6) is 0 Å². The highest BCUT2D eigenvalue weighted by Gasteiger charge is 2.31. The highest BCUT2D eigenvalue weighted by molar-refractivity contribution is 5.76. The van der Waals surface area contributed by atoms with Crippen molar-refractivity contribution in [3.8, 4) is 0 Å². The molecule has 5 heteroatoms. The molecule has 3 aliphatic rings. The van der Waals surface area contributed by atoms with E-state index in [2.05, 4.69) is 39.0 Å². The van der Waals surface area contributed by atoms with Crippen LogP contribution < -0.4 is 0 Å². The Balaban J connectivity index is 1.14. The molecule has 2 aliphatic heterocycles. The molecule has 0 saturated carbocycles. The second-order valence-electron chi connectivity index (χ2n) is 10.1. The molecule has 1 aliphatic carbocycles. The fraction of sp³-hybridized carbons (Fsp3) is 0.571. The molecule has 0 N–H and O–H groups in total. The zero-order valence-electron chi connectivity index (χ0n) is 19.7. The molecule has 33 heavy (non-hydrogen) atoms. The van der Waals surface area contributed by atoms with Crippen molar-refractivity contribution in [3.63, 3.8) is 0 Å². The Morgan fingerprint density at radius 3 is 2.39 bits per heavy atom. The minimum atomic E-state index is 0.215. The number of likely N-dealkylation sites (tertiary alicyclic amines) is 1. The molecule has 0 radical (unpaired) electrons. The number of benzene rings is 1. The molecule has 5 rings (SSSR count). The summed E-state index contributed by atoms with van der Waals surface area (Å²) in [6.07, 6.45) is 12.1. The zero-order valence-corrected chi connectivity index (χ0v) is 19.7. The summed E-state index contributed by atoms with van der Waals surface area (Å²) in [6, 6.07) is 13.6. The Hall–Kier alpha value is -2.24. The van der Waals surface area contributed by atoms with Crippen LogP contribution in [0.4, 0.5) is 0 Å². The smallest absolute Gasteiger partial charge is 0.222 e. The van der Waals surface area contributed by atoms with Gasteiger partial charge in [-0.15, -0.1) is 0 Å². The van der Waals surface area contributed by atoms with Crippen LogP contribution in [0.1, 0.15) is 48.8 Å². The van der Waals surface area contributed by atoms with Crippen molar-refractivity contribution in [3.05, 3.63) is 65.5 Å². The van der Waals surface area contributed by atoms with Gasteiger partial charge < -0.3 is 9.64 Å². The number of fused-ring (bicyclic) bond motifs is 1. The van der Waals surface area contributed by atoms with Crippen molar-refractivity contribution in [2.24, 2.45) is 5.92 Å². The van der Waals surface area contributed by atoms with Gasteiger partial charge >= 0.3 is 0 Å². The first-order valence-corrected chi connectivity index (χ1v) is 12.8. The molecule has 2 aromatic rings. The maximum atomic E-state index is 13.2. The SMILES string of the molecule is O=C(CCc1ccncc1)N(CC1CCN(C2Cc3ccccc3C2)CC1)C[C@@H]1CCCO1. The van der Waals surface area contributed by atoms with E-state index in [1.165, 1.54) is 42.4 Å². The van der Waals surface area contributed by atoms with Gasteiger partial charge in [0, 0.05) is 44.6 Å². The molecular formula is C28H37N3O2. The number of piperidine rings is 1. The fourth-order valence-corrected chi connectivity index (χ4v) is 5.88. The minimum Gasteiger partial charge on any atom is -0.376 e. The molecule has 0 bridgehead atoms. The van der Waals surface area contributed by atoms with E-state index in [1.54, 1.807) is 12.4 Å². The second kappa shape index (κ2) is 10.8. The Bertz CT molecular complexity index is 879. The zero-order chi connectivity index (χ0) is 22.5. The van der Waals surface area contributed by atoms with Crippen LogP contribution >= 0.6 is 0 Å². The van der Waals surface area contributed by atoms with Crippen LogP contribution in [-0.2, 0) is 28.8 Å². The lowest BCUT2D eigenvalue weighted by atomic mass is 9.94. The standard InChI is InChI=1S/C28H37N3O2/c32-28(8-7-22-9-13-29-14-10-22)31(21-27-6-3-17-33-27)20-23-11-15-30(16-12-23)26-18-24-4-1-2-5-25(24)19-26/h1-2,4-5,9-10,13-14,23,26-27H,3,6-8,11-12,15-21H2/t27-/m0/s1. The molecule has 2 saturated heterocycles. The van der Waals surface area contributed by atoms with Crippen LogP contribution in [0.3, 0.4) is 0 Å². The van der Waals surface area contributed by atoms with Crippen LogP contribution in [-0.4, -0.2) is 65.6 Å². The molecule has 0 spiro atoms. The van der Waals surface area contributed by atoms with Gasteiger partial charge in [-0.2, -0.15) is 0 Å². The van der Waals surface area contributed by atoms with Crippen molar-refractivity contribution >= 4 is 5.91 Å². The van der Waals surface area contributed by atoms with Crippen molar-refractivity contribution in [2.45, 2.75) is 63.5 Å². The molecule has 1 amide bonds. The minimum absolute atomic E-state index is 0.215. The van der Waals surface area contributed by atoms with Crippen LogP contribution in [0, 0.1) is 5.92 Å². The number of hydrogen-bond donors (Lipinski definition) is 0. The molecule has 1 aromatic heterocycles. The van der Waals surface area contributed by atoms with E-state index in [-0.39, 0.29) is 12.0 Å². The summed E-state index contributed by atoms with van der Waals surface area (Å²) in [7, 11) is 0. The largest absolute Gasteiger partial charge is 0.376 e. The predicted octanol–water partition coefficient (Wildman–Crippen LogP) is 3.90. The monoisotopic (exact) mass is 447 g/mol. The molecule has 2 fully saturated rings. The number of aryl methyl sites for hydroxylation is 1. The van der Waals surface area contributed by atoms with Crippen molar-refractivity contribution in [1.82, 2.24) is 14.8 Å². The third-order valence-corrected chi connectivity index (χ3v) is 7.85. The first kappa shape index (κ1) is 22.5. The van der Waals surface area contributed by atoms with Gasteiger partial charge in [0.1, 0.15) is 0 Å². The average Bonchev–Trinajstić information content (AvgIpc) is 3.53. The predicted molar refractivity (Wildman–Crippen MR) is 130 cm³/mol. The lowest BCUT2D eigenvalue weighted by molar-refractivity contribution is -0.133. The third kappa shape index (κ3) is 5.82. The van der Waals surface area contributed by atoms with Gasteiger partial charge in [-0.05, 0) is 92.8 Å². The Labute approximate surface area is 198 Å². The summed E-state index contributed by atoms with van der Waals surface area (Å²) >= 11 is 0. The summed E-state index contributed by atoms with van der Waals surface area (Å²) in [5.41, 5.74) is 4.25. The fourth-order valence-electron chi connectivity index (χ4n) is 5.88. The van der Waals surface area contributed by atoms with Gasteiger partial charge in [0.15, 0.2) is 0 Å². The van der Waals surface area contributed by atoms with Crippen LogP contribution in [0.25, 0.3) is 0 Å². The topological polar surface area (TPSA) is 45.7 Å². The normalized spacial score (nSPS) is 21.9. The van der Waals surface area contributed by atoms with Gasteiger partial charge in [-0.25, -0.2) is 0 Å². The number of carbonyl (C=O) groups is 1. The lowest BCUT2D eigenvalue weighted by Crippen LogP contribution is -2.46. The highest BCUT2D eigenvalue weighted by Crippen LogP contribution is 2.29. The summed E-state index contributed by atoms with van der Waals surface area (Å²) in [4.78, 5) is 22.1. The van der Waals surface area contributed by atoms with E-state index in [1.807, 2.05) is 12.1 Å². The van der Waals surface area contributed by atoms with Gasteiger partial charge in [0.2, 0.25) is 5.91 Å². The summed E-state index contributed by atoms with van der Waals surface area (Å²) < 4.78 is 5.89. The Morgan fingerprint density at radius 2 is 1.73 bits per heavy atom. The van der Waals surface area contributed by atoms with Crippen LogP contribution in [0.2, 0.25) is 0 Å². The molecular weight excluding hydrogens is 410 g/mol. The second-order valence-corrected chi connectivity index (χ2v) is 10.1. The molecule has 176 valence electrons. The third-order valence-electron chi connectivity index (χ3n) is 7.85. The first-order chi connectivity index (χ1) is 16.2. The number of pyridine rings is 1. The number of ether oxygens (including phenoxy) is 1. The molecule has 0 unspecified atom stereocenters. The van der Waals surface area contributed by atoms with Gasteiger partial charge in [-0.3, -0.25) is 14.7 Å². The molecule has 5 nitrogen and oxygen atoms in total. The Kier molecular flexibility index (Phi) is 7.37. The summed E-state index contributed by atoms with van der Waals surface area (Å²) in [5.74, 6) is 0.868. The number of amides is 1. The highest BCUT2D eigenvalue weighted by atomic mass is 16.5. The van der Waals surface area contributed by atoms with Crippen molar-refractivity contribution < 1.29 is 9.53 Å². The summed E-state index contributed by atoms with van der Waals surface area (Å²) in [6.45, 7) is 4.79. The first-order valence-electron chi connectivity index (χ1n) is 12.8. The van der Waals surface area contributed by atoms with Gasteiger partial charge in [0.05, 0.1) is 6.10 Å². The van der Waals surface area contributed by atoms with E-state index in [0.29, 0.717) is 18.4 Å². The number of aromatic nitrogens is 1. The quantitative estimate of drug-likeness (QED) is 0.616. The van der Waals surface area contributed by atoms with Crippen LogP contribution in [0.15, 0.2) is 48.8 Å². The van der Waals surface area contributed by atoms with Gasteiger partial charge in [0.25, 0.3) is 0 Å². The van der Waals surface area contributed by atoms with Gasteiger partial charge in [-0.1, -0.05) is 24.3 Å². The maximum absolute atomic E-state index is 13.2. The average molecular weight is 448 g/mol. The summed E-state index contributed by atoms with van der Waals surface area (Å²) in [5, 5.41) is 0. The van der Waals surface area contributed by atoms with Crippen molar-refractivity contribution in [1.29, 1.82) is 0 Å². The Morgan fingerprint density at radius 1 is 1.00 bits per heavy atom. The van der Waals surface area contributed by atoms with Crippen molar-refractivity contribution in [2.75, 3.05) is 32.8 Å². The van der Waals surface area contributed by atoms with E-state index < -0.39 is 0 Å². The molecule has 3 heterocycles. The van der Waals surface area contributed by atoms with E-state index in [9.17, 15) is 4.79 Å². The molecule has 1 atom stereocenters. The van der Waals surface area contributed by atoms with E-state index >= 15 is 0 Å². The van der Waals surface area contributed by atoms with E-state index in [4.69, 9.17) is 4.74 Å². The van der Waals surface area contributed by atoms with E-state index in [0.717, 1.165) is 52.0 Å². The maximum Gasteiger partial charge on any atom is 0.222 e. The molecule has 1 aromatic carbocycles. The number of carbonyl (C=O) groups excluding carboxylic acids is 1.